The van der Waals surface area contributed by atoms with E-state index >= 15 is 0 Å². The molecular formula is C17H25N5O3. The summed E-state index contributed by atoms with van der Waals surface area (Å²) in [6, 6.07) is 0. The van der Waals surface area contributed by atoms with Gasteiger partial charge in [0.15, 0.2) is 0 Å². The quantitative estimate of drug-likeness (QED) is 0.744. The molecule has 136 valence electrons. The van der Waals surface area contributed by atoms with E-state index in [4.69, 9.17) is 0 Å². The second-order valence-electron chi connectivity index (χ2n) is 6.02. The van der Waals surface area contributed by atoms with Crippen LogP contribution in [0.2, 0.25) is 0 Å². The van der Waals surface area contributed by atoms with Gasteiger partial charge in [-0.3, -0.25) is 19.4 Å². The van der Waals surface area contributed by atoms with E-state index in [2.05, 4.69) is 9.97 Å². The van der Waals surface area contributed by atoms with Crippen LogP contribution in [0.4, 0.5) is 0 Å². The second-order valence-corrected chi connectivity index (χ2v) is 6.02. The summed E-state index contributed by atoms with van der Waals surface area (Å²) >= 11 is 0. The Morgan fingerprint density at radius 1 is 1.08 bits per heavy atom. The van der Waals surface area contributed by atoms with Crippen LogP contribution in [0.1, 0.15) is 37.2 Å². The predicted octanol–water partition coefficient (Wildman–Crippen LogP) is 0.410. The van der Waals surface area contributed by atoms with Crippen molar-refractivity contribution < 1.29 is 14.4 Å². The molecule has 0 saturated carbocycles. The lowest BCUT2D eigenvalue weighted by molar-refractivity contribution is -0.138. The first-order valence-corrected chi connectivity index (χ1v) is 8.61. The van der Waals surface area contributed by atoms with Crippen LogP contribution < -0.4 is 0 Å². The minimum absolute atomic E-state index is 0.0104. The summed E-state index contributed by atoms with van der Waals surface area (Å²) in [4.78, 5) is 49.3. The molecule has 1 aromatic heterocycles. The average molecular weight is 347 g/mol. The smallest absolute Gasteiger partial charge is 0.274 e. The number of hydrogen-bond donors (Lipinski definition) is 0. The van der Waals surface area contributed by atoms with Gasteiger partial charge in [-0.25, -0.2) is 4.98 Å². The zero-order valence-corrected chi connectivity index (χ0v) is 14.8. The molecule has 1 aromatic rings. The van der Waals surface area contributed by atoms with E-state index in [1.165, 1.54) is 25.5 Å². The molecule has 0 unspecified atom stereocenters. The molecule has 1 saturated heterocycles. The number of carbonyl (C=O) groups is 3. The Balaban J connectivity index is 1.87. The number of nitrogens with zero attached hydrogens (tertiary/aromatic N) is 5. The first-order valence-electron chi connectivity index (χ1n) is 8.61. The molecule has 0 atom stereocenters. The van der Waals surface area contributed by atoms with E-state index in [0.29, 0.717) is 45.0 Å². The van der Waals surface area contributed by atoms with Crippen LogP contribution in [0.25, 0.3) is 0 Å². The Labute approximate surface area is 147 Å². The summed E-state index contributed by atoms with van der Waals surface area (Å²) < 4.78 is 0. The molecule has 8 nitrogen and oxygen atoms in total. The Kier molecular flexibility index (Phi) is 6.85. The van der Waals surface area contributed by atoms with Crippen LogP contribution in [-0.2, 0) is 9.59 Å². The van der Waals surface area contributed by atoms with Gasteiger partial charge >= 0.3 is 0 Å². The average Bonchev–Trinajstić information content (AvgIpc) is 2.65. The Bertz CT molecular complexity index is 600. The highest BCUT2D eigenvalue weighted by molar-refractivity contribution is 5.92. The highest BCUT2D eigenvalue weighted by atomic mass is 16.2. The molecule has 1 aliphatic rings. The van der Waals surface area contributed by atoms with Gasteiger partial charge in [-0.15, -0.1) is 0 Å². The van der Waals surface area contributed by atoms with E-state index in [-0.39, 0.29) is 24.1 Å². The maximum atomic E-state index is 12.5. The van der Waals surface area contributed by atoms with Crippen molar-refractivity contribution in [2.45, 2.75) is 26.7 Å². The first kappa shape index (κ1) is 18.8. The SMILES string of the molecule is CCCN(CCC(=O)N1CCN(C(C)=O)CC1)C(=O)c1cnccn1. The van der Waals surface area contributed by atoms with Gasteiger partial charge in [0.05, 0.1) is 6.20 Å². The lowest BCUT2D eigenvalue weighted by Crippen LogP contribution is -2.50. The summed E-state index contributed by atoms with van der Waals surface area (Å²) in [5, 5.41) is 0. The van der Waals surface area contributed by atoms with E-state index in [1.54, 1.807) is 14.7 Å². The molecule has 2 heterocycles. The van der Waals surface area contributed by atoms with Crippen LogP contribution in [0, 0.1) is 0 Å². The Morgan fingerprint density at radius 2 is 1.76 bits per heavy atom. The zero-order chi connectivity index (χ0) is 18.2. The third-order valence-corrected chi connectivity index (χ3v) is 4.24. The van der Waals surface area contributed by atoms with Crippen molar-refractivity contribution in [1.82, 2.24) is 24.7 Å². The minimum atomic E-state index is -0.204. The van der Waals surface area contributed by atoms with E-state index < -0.39 is 0 Å². The topological polar surface area (TPSA) is 86.7 Å². The third-order valence-electron chi connectivity index (χ3n) is 4.24. The Hall–Kier alpha value is -2.51. The number of carbonyl (C=O) groups excluding carboxylic acids is 3. The molecule has 0 spiro atoms. The monoisotopic (exact) mass is 347 g/mol. The second kappa shape index (κ2) is 9.10. The number of amides is 3. The fourth-order valence-electron chi connectivity index (χ4n) is 2.82. The normalized spacial score (nSPS) is 14.3. The third kappa shape index (κ3) is 5.23. The molecule has 0 radical (unpaired) electrons. The summed E-state index contributed by atoms with van der Waals surface area (Å²) in [6.45, 7) is 6.68. The van der Waals surface area contributed by atoms with E-state index in [9.17, 15) is 14.4 Å². The molecule has 1 aliphatic heterocycles. The van der Waals surface area contributed by atoms with Gasteiger partial charge in [0.25, 0.3) is 5.91 Å². The zero-order valence-electron chi connectivity index (χ0n) is 14.8. The summed E-state index contributed by atoms with van der Waals surface area (Å²) in [5.41, 5.74) is 0.290. The van der Waals surface area contributed by atoms with Gasteiger partial charge in [0.2, 0.25) is 11.8 Å². The van der Waals surface area contributed by atoms with Gasteiger partial charge in [0.1, 0.15) is 5.69 Å². The maximum absolute atomic E-state index is 12.5. The van der Waals surface area contributed by atoms with Gasteiger partial charge < -0.3 is 14.7 Å². The minimum Gasteiger partial charge on any atom is -0.339 e. The highest BCUT2D eigenvalue weighted by Crippen LogP contribution is 2.07. The Morgan fingerprint density at radius 3 is 2.32 bits per heavy atom. The fraction of sp³-hybridized carbons (Fsp3) is 0.588. The van der Waals surface area contributed by atoms with Gasteiger partial charge in [0, 0.05) is 65.0 Å². The molecule has 0 bridgehead atoms. The van der Waals surface area contributed by atoms with Crippen LogP contribution >= 0.6 is 0 Å². The molecule has 3 amide bonds. The number of aromatic nitrogens is 2. The van der Waals surface area contributed by atoms with Gasteiger partial charge in [-0.1, -0.05) is 6.92 Å². The molecule has 25 heavy (non-hydrogen) atoms. The number of rotatable bonds is 6. The van der Waals surface area contributed by atoms with Gasteiger partial charge in [-0.05, 0) is 6.42 Å². The largest absolute Gasteiger partial charge is 0.339 e. The molecule has 0 N–H and O–H groups in total. The number of hydrogen-bond acceptors (Lipinski definition) is 5. The molecular weight excluding hydrogens is 322 g/mol. The van der Waals surface area contributed by atoms with Crippen LogP contribution in [0.15, 0.2) is 18.6 Å². The molecule has 0 aromatic carbocycles. The van der Waals surface area contributed by atoms with Crippen molar-refractivity contribution in [1.29, 1.82) is 0 Å². The highest BCUT2D eigenvalue weighted by Gasteiger charge is 2.23. The van der Waals surface area contributed by atoms with Crippen LogP contribution in [-0.4, -0.2) is 81.7 Å². The van der Waals surface area contributed by atoms with Crippen molar-refractivity contribution in [3.63, 3.8) is 0 Å². The first-order chi connectivity index (χ1) is 12.0. The van der Waals surface area contributed by atoms with Crippen LogP contribution in [0.3, 0.4) is 0 Å². The van der Waals surface area contributed by atoms with Gasteiger partial charge in [-0.2, -0.15) is 0 Å². The van der Waals surface area contributed by atoms with Crippen molar-refractivity contribution in [3.05, 3.63) is 24.3 Å². The van der Waals surface area contributed by atoms with Crippen molar-refractivity contribution >= 4 is 17.7 Å². The molecule has 8 heteroatoms. The molecule has 1 fully saturated rings. The lowest BCUT2D eigenvalue weighted by Gasteiger charge is -2.34. The van der Waals surface area contributed by atoms with Crippen molar-refractivity contribution in [3.8, 4) is 0 Å². The lowest BCUT2D eigenvalue weighted by atomic mass is 10.2. The van der Waals surface area contributed by atoms with E-state index in [1.807, 2.05) is 6.92 Å². The van der Waals surface area contributed by atoms with E-state index in [0.717, 1.165) is 6.42 Å². The summed E-state index contributed by atoms with van der Waals surface area (Å²) in [5.74, 6) is -0.156. The number of piperazine rings is 1. The molecule has 0 aliphatic carbocycles. The summed E-state index contributed by atoms with van der Waals surface area (Å²) in [6.07, 6.45) is 5.51. The standard InChI is InChI=1S/C17H25N5O3/c1-3-7-22(17(25)15-13-18-5-6-19-15)8-4-16(24)21-11-9-20(10-12-21)14(2)23/h5-6,13H,3-4,7-12H2,1-2H3. The van der Waals surface area contributed by atoms with Crippen LogP contribution in [0.5, 0.6) is 0 Å². The van der Waals surface area contributed by atoms with Crippen molar-refractivity contribution in [2.75, 3.05) is 39.3 Å². The van der Waals surface area contributed by atoms with Crippen molar-refractivity contribution in [2.24, 2.45) is 0 Å². The summed E-state index contributed by atoms with van der Waals surface area (Å²) in [7, 11) is 0. The fourth-order valence-corrected chi connectivity index (χ4v) is 2.82. The maximum Gasteiger partial charge on any atom is 0.274 e. The molecule has 2 rings (SSSR count). The predicted molar refractivity (Wildman–Crippen MR) is 91.7 cm³/mol.